The molecule has 6 heteroatoms. The van der Waals surface area contributed by atoms with Crippen LogP contribution in [-0.4, -0.2) is 30.2 Å². The molecule has 1 heterocycles. The highest BCUT2D eigenvalue weighted by atomic mass is 35.5. The number of ether oxygens (including phenoxy) is 1. The zero-order valence-electron chi connectivity index (χ0n) is 12.9. The van der Waals surface area contributed by atoms with E-state index in [1.165, 1.54) is 0 Å². The Morgan fingerprint density at radius 3 is 2.24 bits per heavy atom. The first-order valence-electron chi connectivity index (χ1n) is 6.85. The molecule has 1 amide bonds. The number of nitrogen functional groups attached to an aromatic ring is 1. The molecule has 21 heavy (non-hydrogen) atoms. The number of rotatable bonds is 2. The minimum atomic E-state index is -0.540. The van der Waals surface area contributed by atoms with E-state index in [4.69, 9.17) is 27.8 Å². The maximum Gasteiger partial charge on any atom is 0.250 e. The fraction of sp³-hybridized carbons (Fsp3) is 0.533. The molecule has 116 valence electrons. The van der Waals surface area contributed by atoms with Crippen LogP contribution in [0.1, 0.15) is 38.1 Å². The molecule has 1 aliphatic heterocycles. The Morgan fingerprint density at radius 1 is 1.24 bits per heavy atom. The zero-order chi connectivity index (χ0) is 16.0. The first kappa shape index (κ1) is 15.9. The number of halogens is 1. The van der Waals surface area contributed by atoms with Gasteiger partial charge in [-0.05, 0) is 39.8 Å². The molecular weight excluding hydrogens is 290 g/mol. The molecule has 4 N–H and O–H groups in total. The Kier molecular flexibility index (Phi) is 3.84. The fourth-order valence-corrected chi connectivity index (χ4v) is 3.42. The lowest BCUT2D eigenvalue weighted by Gasteiger charge is -2.48. The van der Waals surface area contributed by atoms with Gasteiger partial charge < -0.3 is 21.1 Å². The summed E-state index contributed by atoms with van der Waals surface area (Å²) in [5, 5.41) is 0.428. The summed E-state index contributed by atoms with van der Waals surface area (Å²) < 4.78 is 6.05. The number of nitrogens with zero attached hydrogens (tertiary/aromatic N) is 1. The summed E-state index contributed by atoms with van der Waals surface area (Å²) in [6.45, 7) is 9.26. The van der Waals surface area contributed by atoms with Crippen LogP contribution in [0.2, 0.25) is 5.02 Å². The second-order valence-corrected chi connectivity index (χ2v) is 7.15. The first-order valence-corrected chi connectivity index (χ1v) is 7.22. The lowest BCUT2D eigenvalue weighted by molar-refractivity contribution is -0.133. The Morgan fingerprint density at radius 2 is 1.76 bits per heavy atom. The van der Waals surface area contributed by atoms with Crippen LogP contribution < -0.4 is 16.4 Å². The number of benzene rings is 1. The van der Waals surface area contributed by atoms with Crippen molar-refractivity contribution in [3.63, 3.8) is 0 Å². The third-order valence-electron chi connectivity index (χ3n) is 3.36. The van der Waals surface area contributed by atoms with Crippen molar-refractivity contribution in [2.75, 3.05) is 23.7 Å². The number of nitrogens with two attached hydrogens (primary N) is 2. The summed E-state index contributed by atoms with van der Waals surface area (Å²) in [7, 11) is 0. The molecule has 0 aliphatic carbocycles. The van der Waals surface area contributed by atoms with Gasteiger partial charge in [-0.2, -0.15) is 0 Å². The molecule has 1 aromatic carbocycles. The van der Waals surface area contributed by atoms with Gasteiger partial charge in [-0.25, -0.2) is 0 Å². The molecule has 1 aromatic rings. The van der Waals surface area contributed by atoms with Gasteiger partial charge in [-0.15, -0.1) is 0 Å². The molecule has 1 fully saturated rings. The Balaban J connectivity index is 2.53. The molecule has 0 radical (unpaired) electrons. The van der Waals surface area contributed by atoms with Gasteiger partial charge in [0.15, 0.2) is 0 Å². The minimum Gasteiger partial charge on any atom is -0.399 e. The lowest BCUT2D eigenvalue weighted by Crippen LogP contribution is -2.57. The van der Waals surface area contributed by atoms with Crippen molar-refractivity contribution in [2.24, 2.45) is 5.73 Å². The third-order valence-corrected chi connectivity index (χ3v) is 3.65. The van der Waals surface area contributed by atoms with E-state index >= 15 is 0 Å². The van der Waals surface area contributed by atoms with Gasteiger partial charge in [0.2, 0.25) is 0 Å². The number of morpholine rings is 1. The predicted molar refractivity (Wildman–Crippen MR) is 85.8 cm³/mol. The van der Waals surface area contributed by atoms with E-state index in [-0.39, 0.29) is 11.2 Å². The van der Waals surface area contributed by atoms with Gasteiger partial charge in [-0.1, -0.05) is 11.6 Å². The Hall–Kier alpha value is -1.46. The van der Waals surface area contributed by atoms with Crippen molar-refractivity contribution >= 4 is 28.9 Å². The average Bonchev–Trinajstić information content (AvgIpc) is 2.22. The van der Waals surface area contributed by atoms with Crippen LogP contribution in [0.4, 0.5) is 11.4 Å². The molecule has 0 unspecified atom stereocenters. The van der Waals surface area contributed by atoms with Gasteiger partial charge in [0, 0.05) is 18.8 Å². The topological polar surface area (TPSA) is 81.6 Å². The van der Waals surface area contributed by atoms with Crippen LogP contribution in [0.25, 0.3) is 0 Å². The summed E-state index contributed by atoms with van der Waals surface area (Å²) in [6.07, 6.45) is 0. The summed E-state index contributed by atoms with van der Waals surface area (Å²) >= 11 is 6.33. The summed E-state index contributed by atoms with van der Waals surface area (Å²) in [6, 6.07) is 3.21. The molecule has 0 aromatic heterocycles. The first-order chi connectivity index (χ1) is 9.51. The van der Waals surface area contributed by atoms with E-state index < -0.39 is 5.91 Å². The summed E-state index contributed by atoms with van der Waals surface area (Å²) in [5.41, 5.74) is 11.9. The largest absolute Gasteiger partial charge is 0.399 e. The van der Waals surface area contributed by atoms with Crippen molar-refractivity contribution in [1.82, 2.24) is 0 Å². The average molecular weight is 312 g/mol. The molecule has 1 aliphatic rings. The van der Waals surface area contributed by atoms with Gasteiger partial charge in [0.05, 0.1) is 27.5 Å². The monoisotopic (exact) mass is 311 g/mol. The van der Waals surface area contributed by atoms with Crippen molar-refractivity contribution in [3.8, 4) is 0 Å². The number of amides is 1. The SMILES string of the molecule is CC1(C)CN(c2c(Cl)cc(N)cc2C(N)=O)CC(C)(C)O1. The standard InChI is InChI=1S/C15H22ClN3O2/c1-14(2)7-19(8-15(3,4)21-14)12-10(13(18)20)5-9(17)6-11(12)16/h5-6H,7-8,17H2,1-4H3,(H2,18,20). The number of hydrogen-bond donors (Lipinski definition) is 2. The van der Waals surface area contributed by atoms with Crippen molar-refractivity contribution in [2.45, 2.75) is 38.9 Å². The van der Waals surface area contributed by atoms with E-state index in [2.05, 4.69) is 0 Å². The highest BCUT2D eigenvalue weighted by Gasteiger charge is 2.39. The van der Waals surface area contributed by atoms with Crippen molar-refractivity contribution in [1.29, 1.82) is 0 Å². The van der Waals surface area contributed by atoms with Crippen LogP contribution in [-0.2, 0) is 4.74 Å². The molecule has 2 rings (SSSR count). The summed E-state index contributed by atoms with van der Waals surface area (Å²) in [5.74, 6) is -0.540. The van der Waals surface area contributed by atoms with Gasteiger partial charge >= 0.3 is 0 Å². The number of primary amides is 1. The quantitative estimate of drug-likeness (QED) is 0.822. The number of carbonyl (C=O) groups excluding carboxylic acids is 1. The van der Waals surface area contributed by atoms with E-state index in [1.807, 2.05) is 32.6 Å². The highest BCUT2D eigenvalue weighted by Crippen LogP contribution is 2.38. The second kappa shape index (κ2) is 5.07. The van der Waals surface area contributed by atoms with Crippen LogP contribution in [0.15, 0.2) is 12.1 Å². The number of hydrogen-bond acceptors (Lipinski definition) is 4. The van der Waals surface area contributed by atoms with Crippen molar-refractivity contribution < 1.29 is 9.53 Å². The predicted octanol–water partition coefficient (Wildman–Crippen LogP) is 2.41. The van der Waals surface area contributed by atoms with Crippen LogP contribution in [0, 0.1) is 0 Å². The smallest absolute Gasteiger partial charge is 0.250 e. The Labute approximate surface area is 130 Å². The number of anilines is 2. The highest BCUT2D eigenvalue weighted by molar-refractivity contribution is 6.34. The molecular formula is C15H22ClN3O2. The van der Waals surface area contributed by atoms with E-state index in [0.29, 0.717) is 35.1 Å². The molecule has 0 bridgehead atoms. The fourth-order valence-electron chi connectivity index (χ4n) is 3.08. The third kappa shape index (κ3) is 3.41. The van der Waals surface area contributed by atoms with E-state index in [0.717, 1.165) is 0 Å². The zero-order valence-corrected chi connectivity index (χ0v) is 13.6. The minimum absolute atomic E-state index is 0.341. The van der Waals surface area contributed by atoms with Crippen LogP contribution >= 0.6 is 11.6 Å². The molecule has 0 spiro atoms. The summed E-state index contributed by atoms with van der Waals surface area (Å²) in [4.78, 5) is 13.8. The van der Waals surface area contributed by atoms with E-state index in [1.54, 1.807) is 12.1 Å². The molecule has 0 atom stereocenters. The maximum atomic E-state index is 11.7. The van der Waals surface area contributed by atoms with Gasteiger partial charge in [0.1, 0.15) is 0 Å². The van der Waals surface area contributed by atoms with Crippen LogP contribution in [0.5, 0.6) is 0 Å². The van der Waals surface area contributed by atoms with Crippen molar-refractivity contribution in [3.05, 3.63) is 22.7 Å². The maximum absolute atomic E-state index is 11.7. The Bertz CT molecular complexity index is 569. The molecule has 0 saturated carbocycles. The van der Waals surface area contributed by atoms with Crippen LogP contribution in [0.3, 0.4) is 0 Å². The molecule has 5 nitrogen and oxygen atoms in total. The molecule has 1 saturated heterocycles. The lowest BCUT2D eigenvalue weighted by atomic mass is 9.97. The van der Waals surface area contributed by atoms with Gasteiger partial charge in [0.25, 0.3) is 5.91 Å². The van der Waals surface area contributed by atoms with Gasteiger partial charge in [-0.3, -0.25) is 4.79 Å². The number of carbonyl (C=O) groups is 1. The van der Waals surface area contributed by atoms with E-state index in [9.17, 15) is 4.79 Å². The second-order valence-electron chi connectivity index (χ2n) is 6.74. The normalized spacial score (nSPS) is 20.3.